The number of nitrogens with one attached hydrogen (secondary N) is 2. The lowest BCUT2D eigenvalue weighted by Gasteiger charge is -2.32. The summed E-state index contributed by atoms with van der Waals surface area (Å²) < 4.78 is 5.76. The van der Waals surface area contributed by atoms with Crippen LogP contribution in [0.15, 0.2) is 4.79 Å². The van der Waals surface area contributed by atoms with Crippen LogP contribution < -0.4 is 10.9 Å². The summed E-state index contributed by atoms with van der Waals surface area (Å²) in [4.78, 5) is 21.8. The second kappa shape index (κ2) is 5.40. The maximum Gasteiger partial charge on any atom is 0.255 e. The minimum atomic E-state index is -0.112. The summed E-state index contributed by atoms with van der Waals surface area (Å²) >= 11 is 0. The average Bonchev–Trinajstić information content (AvgIpc) is 2.88. The topological polar surface area (TPSA) is 70.2 Å². The molecule has 1 aromatic rings. The van der Waals surface area contributed by atoms with Gasteiger partial charge >= 0.3 is 0 Å². The van der Waals surface area contributed by atoms with Gasteiger partial charge in [0.15, 0.2) is 0 Å². The lowest BCUT2D eigenvalue weighted by atomic mass is 10.2. The highest BCUT2D eigenvalue weighted by molar-refractivity contribution is 5.22. The highest BCUT2D eigenvalue weighted by atomic mass is 16.5. The standard InChI is InChI=1S/C13H20N4O2/c1-2-3-17-4-5-19-11(8-17)12-15-10-7-14-6-9(10)13(18)16-12/h11,14H,2-8H2,1H3,(H,15,16,18). The van der Waals surface area contributed by atoms with Gasteiger partial charge in [0.25, 0.3) is 5.56 Å². The third-order valence-electron chi connectivity index (χ3n) is 3.71. The van der Waals surface area contributed by atoms with Crippen molar-refractivity contribution < 1.29 is 4.74 Å². The predicted molar refractivity (Wildman–Crippen MR) is 70.8 cm³/mol. The van der Waals surface area contributed by atoms with Gasteiger partial charge in [-0.2, -0.15) is 0 Å². The Labute approximate surface area is 112 Å². The molecule has 6 nitrogen and oxygen atoms in total. The van der Waals surface area contributed by atoms with Crippen LogP contribution in [-0.4, -0.2) is 41.1 Å². The largest absolute Gasteiger partial charge is 0.368 e. The normalized spacial score (nSPS) is 23.5. The quantitative estimate of drug-likeness (QED) is 0.813. The minimum absolute atomic E-state index is 0.0267. The first-order chi connectivity index (χ1) is 9.28. The van der Waals surface area contributed by atoms with Crippen LogP contribution in [0.2, 0.25) is 0 Å². The van der Waals surface area contributed by atoms with E-state index in [1.54, 1.807) is 0 Å². The lowest BCUT2D eigenvalue weighted by Crippen LogP contribution is -2.39. The number of rotatable bonds is 3. The zero-order chi connectivity index (χ0) is 13.2. The van der Waals surface area contributed by atoms with Gasteiger partial charge in [-0.3, -0.25) is 9.69 Å². The first-order valence-corrected chi connectivity index (χ1v) is 6.94. The van der Waals surface area contributed by atoms with Gasteiger partial charge in [-0.25, -0.2) is 4.98 Å². The number of hydrogen-bond acceptors (Lipinski definition) is 5. The minimum Gasteiger partial charge on any atom is -0.368 e. The third-order valence-corrected chi connectivity index (χ3v) is 3.71. The van der Waals surface area contributed by atoms with E-state index in [2.05, 4.69) is 27.1 Å². The molecule has 2 N–H and O–H groups in total. The van der Waals surface area contributed by atoms with Crippen LogP contribution in [0, 0.1) is 0 Å². The van der Waals surface area contributed by atoms with Crippen LogP contribution in [0.5, 0.6) is 0 Å². The second-order valence-electron chi connectivity index (χ2n) is 5.14. The summed E-state index contributed by atoms with van der Waals surface area (Å²) in [5, 5.41) is 3.15. The van der Waals surface area contributed by atoms with Gasteiger partial charge in [0.1, 0.15) is 11.9 Å². The predicted octanol–water partition coefficient (Wildman–Crippen LogP) is 0.156. The molecule has 0 bridgehead atoms. The summed E-state index contributed by atoms with van der Waals surface area (Å²) in [5.74, 6) is 0.674. The van der Waals surface area contributed by atoms with Gasteiger partial charge in [0, 0.05) is 26.2 Å². The van der Waals surface area contributed by atoms with E-state index < -0.39 is 0 Å². The van der Waals surface area contributed by atoms with E-state index >= 15 is 0 Å². The van der Waals surface area contributed by atoms with Crippen molar-refractivity contribution in [2.24, 2.45) is 0 Å². The Kier molecular flexibility index (Phi) is 3.63. The highest BCUT2D eigenvalue weighted by Gasteiger charge is 2.25. The lowest BCUT2D eigenvalue weighted by molar-refractivity contribution is -0.0344. The highest BCUT2D eigenvalue weighted by Crippen LogP contribution is 2.20. The number of nitrogens with zero attached hydrogens (tertiary/aromatic N) is 2. The Morgan fingerprint density at radius 3 is 3.21 bits per heavy atom. The fraction of sp³-hybridized carbons (Fsp3) is 0.692. The fourth-order valence-corrected chi connectivity index (χ4v) is 2.74. The van der Waals surface area contributed by atoms with Gasteiger partial charge in [0.05, 0.1) is 17.9 Å². The van der Waals surface area contributed by atoms with Crippen molar-refractivity contribution in [1.82, 2.24) is 20.2 Å². The number of hydrogen-bond donors (Lipinski definition) is 2. The van der Waals surface area contributed by atoms with Crippen LogP contribution in [0.25, 0.3) is 0 Å². The molecule has 3 rings (SSSR count). The molecular formula is C13H20N4O2. The van der Waals surface area contributed by atoms with Crippen LogP contribution >= 0.6 is 0 Å². The molecule has 2 aliphatic rings. The maximum atomic E-state index is 12.0. The molecule has 0 radical (unpaired) electrons. The Balaban J connectivity index is 1.82. The first kappa shape index (κ1) is 12.8. The molecule has 1 aromatic heterocycles. The molecular weight excluding hydrogens is 244 g/mol. The summed E-state index contributed by atoms with van der Waals surface area (Å²) in [5.41, 5.74) is 1.61. The van der Waals surface area contributed by atoms with Crippen LogP contribution in [0.4, 0.5) is 0 Å². The van der Waals surface area contributed by atoms with E-state index in [-0.39, 0.29) is 11.7 Å². The fourth-order valence-electron chi connectivity index (χ4n) is 2.74. The number of H-pyrrole nitrogens is 1. The average molecular weight is 264 g/mol. The Bertz CT molecular complexity index is 512. The molecule has 0 amide bonds. The van der Waals surface area contributed by atoms with E-state index in [0.717, 1.165) is 37.3 Å². The third kappa shape index (κ3) is 2.56. The van der Waals surface area contributed by atoms with Crippen molar-refractivity contribution in [1.29, 1.82) is 0 Å². The molecule has 1 unspecified atom stereocenters. The van der Waals surface area contributed by atoms with E-state index in [0.29, 0.717) is 25.5 Å². The molecule has 3 heterocycles. The SMILES string of the molecule is CCCN1CCOC(c2nc3c(c(=O)[nH]2)CNC3)C1. The second-order valence-corrected chi connectivity index (χ2v) is 5.14. The van der Waals surface area contributed by atoms with E-state index in [9.17, 15) is 4.79 Å². The number of aromatic nitrogens is 2. The van der Waals surface area contributed by atoms with Gasteiger partial charge in [-0.15, -0.1) is 0 Å². The molecule has 1 atom stereocenters. The Hall–Kier alpha value is -1.24. The van der Waals surface area contributed by atoms with Crippen molar-refractivity contribution >= 4 is 0 Å². The molecule has 1 saturated heterocycles. The van der Waals surface area contributed by atoms with Crippen molar-refractivity contribution in [3.8, 4) is 0 Å². The molecule has 104 valence electrons. The molecule has 0 saturated carbocycles. The number of ether oxygens (including phenoxy) is 1. The summed E-state index contributed by atoms with van der Waals surface area (Å²) in [6.07, 6.45) is 1.02. The Morgan fingerprint density at radius 2 is 2.37 bits per heavy atom. The van der Waals surface area contributed by atoms with Gasteiger partial charge in [-0.1, -0.05) is 6.92 Å². The zero-order valence-electron chi connectivity index (χ0n) is 11.2. The summed E-state index contributed by atoms with van der Waals surface area (Å²) in [6, 6.07) is 0. The van der Waals surface area contributed by atoms with Crippen molar-refractivity contribution in [3.63, 3.8) is 0 Å². The van der Waals surface area contributed by atoms with E-state index in [1.807, 2.05) is 0 Å². The number of morpholine rings is 1. The molecule has 0 aromatic carbocycles. The monoisotopic (exact) mass is 264 g/mol. The summed E-state index contributed by atoms with van der Waals surface area (Å²) in [7, 11) is 0. The van der Waals surface area contributed by atoms with E-state index in [4.69, 9.17) is 4.74 Å². The molecule has 0 spiro atoms. The maximum absolute atomic E-state index is 12.0. The van der Waals surface area contributed by atoms with Crippen LogP contribution in [0.3, 0.4) is 0 Å². The van der Waals surface area contributed by atoms with Gasteiger partial charge in [0.2, 0.25) is 0 Å². The van der Waals surface area contributed by atoms with Crippen molar-refractivity contribution in [3.05, 3.63) is 27.4 Å². The van der Waals surface area contributed by atoms with Crippen LogP contribution in [-0.2, 0) is 17.8 Å². The van der Waals surface area contributed by atoms with E-state index in [1.165, 1.54) is 0 Å². The summed E-state index contributed by atoms with van der Waals surface area (Å²) in [6.45, 7) is 7.00. The molecule has 19 heavy (non-hydrogen) atoms. The Morgan fingerprint density at radius 1 is 1.47 bits per heavy atom. The number of fused-ring (bicyclic) bond motifs is 1. The smallest absolute Gasteiger partial charge is 0.255 e. The van der Waals surface area contributed by atoms with Gasteiger partial charge in [-0.05, 0) is 13.0 Å². The zero-order valence-corrected chi connectivity index (χ0v) is 11.2. The molecule has 6 heteroatoms. The number of aromatic amines is 1. The first-order valence-electron chi connectivity index (χ1n) is 6.94. The van der Waals surface area contributed by atoms with Crippen LogP contribution in [0.1, 0.15) is 36.5 Å². The molecule has 2 aliphatic heterocycles. The molecule has 0 aliphatic carbocycles. The molecule has 1 fully saturated rings. The van der Waals surface area contributed by atoms with Crippen molar-refractivity contribution in [2.75, 3.05) is 26.2 Å². The van der Waals surface area contributed by atoms with Gasteiger partial charge < -0.3 is 15.0 Å². The van der Waals surface area contributed by atoms with Crippen molar-refractivity contribution in [2.45, 2.75) is 32.5 Å².